The molecular weight excluding hydrogens is 281 g/mol. The van der Waals surface area contributed by atoms with E-state index < -0.39 is 11.9 Å². The molecule has 0 spiro atoms. The molecule has 0 amide bonds. The predicted octanol–water partition coefficient (Wildman–Crippen LogP) is 3.09. The zero-order valence-corrected chi connectivity index (χ0v) is 12.9. The van der Waals surface area contributed by atoms with Gasteiger partial charge in [-0.15, -0.1) is 0 Å². The molecule has 0 fully saturated rings. The van der Waals surface area contributed by atoms with E-state index in [9.17, 15) is 9.50 Å². The third kappa shape index (κ3) is 4.55. The van der Waals surface area contributed by atoms with Crippen molar-refractivity contribution in [2.75, 3.05) is 13.7 Å². The van der Waals surface area contributed by atoms with Crippen LogP contribution in [-0.4, -0.2) is 24.8 Å². The lowest BCUT2D eigenvalue weighted by Crippen LogP contribution is -2.32. The van der Waals surface area contributed by atoms with Crippen LogP contribution in [0.5, 0.6) is 5.75 Å². The highest BCUT2D eigenvalue weighted by Crippen LogP contribution is 2.21. The summed E-state index contributed by atoms with van der Waals surface area (Å²) < 4.78 is 18.5. The molecule has 0 bridgehead atoms. The second-order valence-electron chi connectivity index (χ2n) is 5.41. The van der Waals surface area contributed by atoms with Gasteiger partial charge in [0.2, 0.25) is 0 Å². The van der Waals surface area contributed by atoms with Gasteiger partial charge in [-0.3, -0.25) is 0 Å². The van der Waals surface area contributed by atoms with E-state index in [2.05, 4.69) is 24.4 Å². The molecule has 0 unspecified atom stereocenters. The second-order valence-corrected chi connectivity index (χ2v) is 5.41. The van der Waals surface area contributed by atoms with Crippen LogP contribution in [-0.2, 0) is 6.42 Å². The van der Waals surface area contributed by atoms with Crippen molar-refractivity contribution < 1.29 is 14.2 Å². The second kappa shape index (κ2) is 7.92. The Bertz CT molecular complexity index is 589. The van der Waals surface area contributed by atoms with Gasteiger partial charge in [-0.25, -0.2) is 4.39 Å². The highest BCUT2D eigenvalue weighted by atomic mass is 19.1. The number of aliphatic hydroxyl groups excluding tert-OH is 1. The maximum absolute atomic E-state index is 13.6. The van der Waals surface area contributed by atoms with Crippen LogP contribution in [0.15, 0.2) is 48.5 Å². The zero-order valence-electron chi connectivity index (χ0n) is 12.9. The minimum atomic E-state index is -0.751. The molecule has 3 nitrogen and oxygen atoms in total. The monoisotopic (exact) mass is 303 g/mol. The zero-order chi connectivity index (χ0) is 15.9. The standard InChI is InChI=1S/C18H22FNO2/c1-13(10-14-6-4-3-5-7-14)20-12-17(21)15-8-9-18(22-2)16(19)11-15/h3-9,11,13,17,20-21H,10,12H2,1-2H3/t13-,17+/m1/s1. The average molecular weight is 303 g/mol. The molecular formula is C18H22FNO2. The Morgan fingerprint density at radius 1 is 1.18 bits per heavy atom. The summed E-state index contributed by atoms with van der Waals surface area (Å²) in [7, 11) is 1.42. The van der Waals surface area contributed by atoms with E-state index >= 15 is 0 Å². The van der Waals surface area contributed by atoms with Gasteiger partial charge >= 0.3 is 0 Å². The van der Waals surface area contributed by atoms with Gasteiger partial charge in [0.25, 0.3) is 0 Å². The third-order valence-corrected chi connectivity index (χ3v) is 3.60. The number of nitrogens with one attached hydrogen (secondary N) is 1. The number of rotatable bonds is 7. The van der Waals surface area contributed by atoms with Crippen LogP contribution in [0.25, 0.3) is 0 Å². The molecule has 0 saturated heterocycles. The van der Waals surface area contributed by atoms with Crippen LogP contribution in [0.3, 0.4) is 0 Å². The lowest BCUT2D eigenvalue weighted by molar-refractivity contribution is 0.170. The van der Waals surface area contributed by atoms with E-state index in [4.69, 9.17) is 4.74 Å². The van der Waals surface area contributed by atoms with E-state index in [1.54, 1.807) is 6.07 Å². The molecule has 0 heterocycles. The molecule has 0 aliphatic carbocycles. The van der Waals surface area contributed by atoms with Gasteiger partial charge in [-0.1, -0.05) is 36.4 Å². The number of halogens is 1. The Kier molecular flexibility index (Phi) is 5.92. The van der Waals surface area contributed by atoms with Crippen molar-refractivity contribution >= 4 is 0 Å². The van der Waals surface area contributed by atoms with E-state index in [1.165, 1.54) is 24.8 Å². The number of benzene rings is 2. The number of aliphatic hydroxyl groups is 1. The molecule has 2 atom stereocenters. The predicted molar refractivity (Wildman–Crippen MR) is 85.5 cm³/mol. The molecule has 118 valence electrons. The molecule has 0 aliphatic rings. The normalized spacial score (nSPS) is 13.6. The Morgan fingerprint density at radius 3 is 2.55 bits per heavy atom. The van der Waals surface area contributed by atoms with Gasteiger partial charge in [-0.2, -0.15) is 0 Å². The van der Waals surface area contributed by atoms with Crippen molar-refractivity contribution in [1.82, 2.24) is 5.32 Å². The van der Waals surface area contributed by atoms with Crippen molar-refractivity contribution in [2.24, 2.45) is 0 Å². The summed E-state index contributed by atoms with van der Waals surface area (Å²) in [5.74, 6) is -0.280. The summed E-state index contributed by atoms with van der Waals surface area (Å²) >= 11 is 0. The van der Waals surface area contributed by atoms with Crippen molar-refractivity contribution in [3.05, 3.63) is 65.5 Å². The lowest BCUT2D eigenvalue weighted by atomic mass is 10.1. The van der Waals surface area contributed by atoms with Crippen LogP contribution in [0, 0.1) is 5.82 Å². The Morgan fingerprint density at radius 2 is 1.91 bits per heavy atom. The molecule has 0 aliphatic heterocycles. The Balaban J connectivity index is 1.86. The van der Waals surface area contributed by atoms with Gasteiger partial charge in [0, 0.05) is 12.6 Å². The van der Waals surface area contributed by atoms with Gasteiger partial charge in [0.1, 0.15) is 0 Å². The maximum atomic E-state index is 13.6. The topological polar surface area (TPSA) is 41.5 Å². The van der Waals surface area contributed by atoms with E-state index in [0.29, 0.717) is 12.1 Å². The molecule has 2 N–H and O–H groups in total. The van der Waals surface area contributed by atoms with Crippen molar-refractivity contribution in [1.29, 1.82) is 0 Å². The summed E-state index contributed by atoms with van der Waals surface area (Å²) in [4.78, 5) is 0. The van der Waals surface area contributed by atoms with Gasteiger partial charge in [0.05, 0.1) is 13.2 Å². The highest BCUT2D eigenvalue weighted by molar-refractivity contribution is 5.30. The van der Waals surface area contributed by atoms with Crippen molar-refractivity contribution in [3.8, 4) is 5.75 Å². The fourth-order valence-corrected chi connectivity index (χ4v) is 2.36. The summed E-state index contributed by atoms with van der Waals surface area (Å²) in [6.07, 6.45) is 0.128. The smallest absolute Gasteiger partial charge is 0.165 e. The number of hydrogen-bond donors (Lipinski definition) is 2. The molecule has 2 rings (SSSR count). The summed E-state index contributed by atoms with van der Waals surface area (Å²) in [6.45, 7) is 2.44. The summed E-state index contributed by atoms with van der Waals surface area (Å²) in [6, 6.07) is 14.9. The number of hydrogen-bond acceptors (Lipinski definition) is 3. The first-order chi connectivity index (χ1) is 10.6. The van der Waals surface area contributed by atoms with Crippen LogP contribution in [0.4, 0.5) is 4.39 Å². The molecule has 4 heteroatoms. The maximum Gasteiger partial charge on any atom is 0.165 e. The minimum absolute atomic E-state index is 0.182. The van der Waals surface area contributed by atoms with Crippen LogP contribution >= 0.6 is 0 Å². The van der Waals surface area contributed by atoms with Crippen molar-refractivity contribution in [3.63, 3.8) is 0 Å². The van der Waals surface area contributed by atoms with E-state index in [0.717, 1.165) is 6.42 Å². The third-order valence-electron chi connectivity index (χ3n) is 3.60. The van der Waals surface area contributed by atoms with Crippen molar-refractivity contribution in [2.45, 2.75) is 25.5 Å². The minimum Gasteiger partial charge on any atom is -0.494 e. The first kappa shape index (κ1) is 16.5. The highest BCUT2D eigenvalue weighted by Gasteiger charge is 2.12. The fraction of sp³-hybridized carbons (Fsp3) is 0.333. The Hall–Kier alpha value is -1.91. The fourth-order valence-electron chi connectivity index (χ4n) is 2.36. The van der Waals surface area contributed by atoms with Crippen LogP contribution in [0.1, 0.15) is 24.2 Å². The average Bonchev–Trinajstić information content (AvgIpc) is 2.53. The van der Waals surface area contributed by atoms with E-state index in [-0.39, 0.29) is 11.8 Å². The quantitative estimate of drug-likeness (QED) is 0.826. The van der Waals surface area contributed by atoms with E-state index in [1.807, 2.05) is 18.2 Å². The molecule has 2 aromatic carbocycles. The SMILES string of the molecule is COc1ccc([C@@H](O)CN[C@H](C)Cc2ccccc2)cc1F. The Labute approximate surface area is 130 Å². The first-order valence-electron chi connectivity index (χ1n) is 7.39. The van der Waals surface area contributed by atoms with Crippen LogP contribution in [0.2, 0.25) is 0 Å². The summed E-state index contributed by atoms with van der Waals surface area (Å²) in [5, 5.41) is 13.4. The first-order valence-corrected chi connectivity index (χ1v) is 7.39. The largest absolute Gasteiger partial charge is 0.494 e. The molecule has 0 aromatic heterocycles. The number of ether oxygens (including phenoxy) is 1. The number of methoxy groups -OCH3 is 1. The molecule has 2 aromatic rings. The molecule has 0 saturated carbocycles. The van der Waals surface area contributed by atoms with Crippen LogP contribution < -0.4 is 10.1 Å². The van der Waals surface area contributed by atoms with Gasteiger partial charge in [0.15, 0.2) is 11.6 Å². The summed E-state index contributed by atoms with van der Waals surface area (Å²) in [5.41, 5.74) is 1.78. The lowest BCUT2D eigenvalue weighted by Gasteiger charge is -2.18. The molecule has 0 radical (unpaired) electrons. The molecule has 22 heavy (non-hydrogen) atoms. The van der Waals surface area contributed by atoms with Gasteiger partial charge in [-0.05, 0) is 36.6 Å². The van der Waals surface area contributed by atoms with Gasteiger partial charge < -0.3 is 15.2 Å².